The molecule has 2 aliphatic heterocycles. The van der Waals surface area contributed by atoms with Crippen molar-refractivity contribution in [3.05, 3.63) is 75.8 Å². The molecule has 1 fully saturated rings. The molecule has 1 unspecified atom stereocenters. The van der Waals surface area contributed by atoms with Crippen LogP contribution in [0.15, 0.2) is 59.1 Å². The summed E-state index contributed by atoms with van der Waals surface area (Å²) in [4.78, 5) is 30.1. The van der Waals surface area contributed by atoms with Gasteiger partial charge in [-0.3, -0.25) is 14.5 Å². The predicted molar refractivity (Wildman–Crippen MR) is 137 cm³/mol. The molecule has 3 aromatic rings. The molecule has 2 heterocycles. The third-order valence-electron chi connectivity index (χ3n) is 7.29. The average Bonchev–Trinajstić information content (AvgIpc) is 3.34. The van der Waals surface area contributed by atoms with Crippen LogP contribution in [0.1, 0.15) is 27.4 Å². The second kappa shape index (κ2) is 8.83. The normalized spacial score (nSPS) is 22.9. The number of carbonyl (C=O) groups is 2. The van der Waals surface area contributed by atoms with Gasteiger partial charge < -0.3 is 25.0 Å². The first kappa shape index (κ1) is 24.1. The summed E-state index contributed by atoms with van der Waals surface area (Å²) in [5, 5.41) is 22.9. The van der Waals surface area contributed by atoms with Gasteiger partial charge in [-0.1, -0.05) is 15.9 Å². The first-order chi connectivity index (χ1) is 17.2. The van der Waals surface area contributed by atoms with Gasteiger partial charge in [0.15, 0.2) is 17.3 Å². The molecular formula is C27H25BrN2O6. The molecule has 36 heavy (non-hydrogen) atoms. The Kier molecular flexibility index (Phi) is 5.92. The average molecular weight is 553 g/mol. The first-order valence-corrected chi connectivity index (χ1v) is 12.1. The van der Waals surface area contributed by atoms with Gasteiger partial charge in [0.25, 0.3) is 0 Å². The fraction of sp³-hybridized carbons (Fsp3) is 0.259. The van der Waals surface area contributed by atoms with Gasteiger partial charge in [0.2, 0.25) is 5.91 Å². The Balaban J connectivity index is 1.77. The summed E-state index contributed by atoms with van der Waals surface area (Å²) < 4.78 is 11.9. The van der Waals surface area contributed by atoms with Crippen molar-refractivity contribution in [2.45, 2.75) is 11.5 Å². The molecule has 0 aromatic heterocycles. The van der Waals surface area contributed by atoms with Crippen LogP contribution >= 0.6 is 15.9 Å². The van der Waals surface area contributed by atoms with E-state index < -0.39 is 23.1 Å². The van der Waals surface area contributed by atoms with Gasteiger partial charge in [-0.15, -0.1) is 0 Å². The van der Waals surface area contributed by atoms with Gasteiger partial charge in [0.05, 0.1) is 20.1 Å². The van der Waals surface area contributed by atoms with Gasteiger partial charge >= 0.3 is 0 Å². The van der Waals surface area contributed by atoms with Gasteiger partial charge in [-0.2, -0.15) is 0 Å². The van der Waals surface area contributed by atoms with E-state index in [1.165, 1.54) is 18.2 Å². The summed E-state index contributed by atoms with van der Waals surface area (Å²) in [5.41, 5.74) is 0.934. The quantitative estimate of drug-likeness (QED) is 0.320. The number of phenols is 2. The van der Waals surface area contributed by atoms with Crippen molar-refractivity contribution < 1.29 is 29.3 Å². The third-order valence-corrected chi connectivity index (χ3v) is 7.78. The Bertz CT molecular complexity index is 1390. The smallest absolute Gasteiger partial charge is 0.250 e. The zero-order valence-electron chi connectivity index (χ0n) is 19.9. The summed E-state index contributed by atoms with van der Waals surface area (Å²) in [6.07, 6.45) is 0. The lowest BCUT2D eigenvalue weighted by Crippen LogP contribution is -2.51. The largest absolute Gasteiger partial charge is 0.504 e. The van der Waals surface area contributed by atoms with Crippen molar-refractivity contribution in [2.24, 2.45) is 5.92 Å². The van der Waals surface area contributed by atoms with Crippen LogP contribution in [0.4, 0.5) is 5.69 Å². The Morgan fingerprint density at radius 3 is 2.53 bits per heavy atom. The minimum Gasteiger partial charge on any atom is -0.504 e. The number of hydrogen-bond donors (Lipinski definition) is 3. The van der Waals surface area contributed by atoms with E-state index in [1.54, 1.807) is 26.4 Å². The number of aromatic hydroxyl groups is 2. The SMILES string of the molecule is COc1ccc(OC)c([C@H]2CN(C)C3(C(=O)Nc4ccc(Br)cc43)[C@H]2C(=O)c2ccc(O)c(O)c2)c1. The lowest BCUT2D eigenvalue weighted by Gasteiger charge is -2.35. The van der Waals surface area contributed by atoms with Crippen LogP contribution < -0.4 is 14.8 Å². The monoisotopic (exact) mass is 552 g/mol. The highest BCUT2D eigenvalue weighted by Gasteiger charge is 2.64. The van der Waals surface area contributed by atoms with E-state index in [0.717, 1.165) is 10.0 Å². The maximum absolute atomic E-state index is 14.3. The van der Waals surface area contributed by atoms with Gasteiger partial charge in [0, 0.05) is 39.3 Å². The highest BCUT2D eigenvalue weighted by atomic mass is 79.9. The van der Waals surface area contributed by atoms with Gasteiger partial charge in [-0.05, 0) is 61.6 Å². The van der Waals surface area contributed by atoms with E-state index in [4.69, 9.17) is 9.47 Å². The van der Waals surface area contributed by atoms with E-state index in [0.29, 0.717) is 29.3 Å². The molecule has 3 N–H and O–H groups in total. The number of hydrogen-bond acceptors (Lipinski definition) is 7. The summed E-state index contributed by atoms with van der Waals surface area (Å²) in [5.74, 6) is -1.55. The van der Waals surface area contributed by atoms with Gasteiger partial charge in [-0.25, -0.2) is 0 Å². The molecule has 5 rings (SSSR count). The summed E-state index contributed by atoms with van der Waals surface area (Å²) >= 11 is 3.52. The number of ether oxygens (including phenoxy) is 2. The number of rotatable bonds is 5. The lowest BCUT2D eigenvalue weighted by molar-refractivity contribution is -0.126. The molecule has 0 saturated carbocycles. The zero-order valence-corrected chi connectivity index (χ0v) is 21.5. The molecule has 1 amide bonds. The van der Waals surface area contributed by atoms with E-state index in [2.05, 4.69) is 21.2 Å². The summed E-state index contributed by atoms with van der Waals surface area (Å²) in [6.45, 7) is 0.378. The minimum absolute atomic E-state index is 0.188. The van der Waals surface area contributed by atoms with Crippen molar-refractivity contribution in [3.63, 3.8) is 0 Å². The highest BCUT2D eigenvalue weighted by Crippen LogP contribution is 2.57. The van der Waals surface area contributed by atoms with Crippen molar-refractivity contribution in [1.29, 1.82) is 0 Å². The van der Waals surface area contributed by atoms with Crippen molar-refractivity contribution >= 4 is 33.3 Å². The third kappa shape index (κ3) is 3.45. The topological polar surface area (TPSA) is 108 Å². The van der Waals surface area contributed by atoms with Crippen LogP contribution in [0.3, 0.4) is 0 Å². The van der Waals surface area contributed by atoms with Crippen molar-refractivity contribution in [2.75, 3.05) is 33.1 Å². The van der Waals surface area contributed by atoms with E-state index in [-0.39, 0.29) is 23.0 Å². The Labute approximate surface area is 216 Å². The summed E-state index contributed by atoms with van der Waals surface area (Å²) in [6, 6.07) is 14.9. The number of likely N-dealkylation sites (N-methyl/N-ethyl adjacent to an activating group) is 1. The number of methoxy groups -OCH3 is 2. The number of amides is 1. The molecule has 1 spiro atoms. The Morgan fingerprint density at radius 1 is 1.06 bits per heavy atom. The second-order valence-corrected chi connectivity index (χ2v) is 9.97. The Morgan fingerprint density at radius 2 is 1.83 bits per heavy atom. The molecule has 1 saturated heterocycles. The molecule has 3 atom stereocenters. The second-order valence-electron chi connectivity index (χ2n) is 9.05. The number of nitrogens with one attached hydrogen (secondary N) is 1. The van der Waals surface area contributed by atoms with Crippen molar-refractivity contribution in [3.8, 4) is 23.0 Å². The lowest BCUT2D eigenvalue weighted by atomic mass is 9.70. The molecule has 8 nitrogen and oxygen atoms in total. The van der Waals surface area contributed by atoms with Crippen LogP contribution in [0, 0.1) is 5.92 Å². The number of carbonyl (C=O) groups excluding carboxylic acids is 2. The molecule has 0 radical (unpaired) electrons. The molecule has 0 bridgehead atoms. The molecule has 186 valence electrons. The minimum atomic E-state index is -1.32. The van der Waals surface area contributed by atoms with Gasteiger partial charge in [0.1, 0.15) is 17.0 Å². The first-order valence-electron chi connectivity index (χ1n) is 11.3. The van der Waals surface area contributed by atoms with Crippen LogP contribution in [-0.4, -0.2) is 54.6 Å². The number of benzene rings is 3. The number of halogens is 1. The summed E-state index contributed by atoms with van der Waals surface area (Å²) in [7, 11) is 4.95. The standard InChI is InChI=1S/C27H25BrN2O6/c1-30-13-18(17-12-16(35-2)6-9-23(17)36-3)24(25(33)14-4-8-21(31)22(32)10-14)27(30)19-11-15(28)5-7-20(19)29-26(27)34/h4-12,18,24,31-32H,13H2,1-3H3,(H,29,34)/t18-,24-,27?/m1/s1. The number of anilines is 1. The van der Waals surface area contributed by atoms with E-state index in [9.17, 15) is 19.8 Å². The number of phenolic OH excluding ortho intramolecular Hbond substituents is 2. The van der Waals surface area contributed by atoms with E-state index >= 15 is 0 Å². The number of nitrogens with zero attached hydrogens (tertiary/aromatic N) is 1. The van der Waals surface area contributed by atoms with Crippen LogP contribution in [-0.2, 0) is 10.3 Å². The highest BCUT2D eigenvalue weighted by molar-refractivity contribution is 9.10. The van der Waals surface area contributed by atoms with E-state index in [1.807, 2.05) is 36.2 Å². The maximum atomic E-state index is 14.3. The number of likely N-dealkylation sites (tertiary alicyclic amines) is 1. The van der Waals surface area contributed by atoms with Crippen LogP contribution in [0.25, 0.3) is 0 Å². The molecular weight excluding hydrogens is 528 g/mol. The fourth-order valence-electron chi connectivity index (χ4n) is 5.68. The number of fused-ring (bicyclic) bond motifs is 2. The molecule has 3 aromatic carbocycles. The Hall–Kier alpha value is -3.56. The molecule has 2 aliphatic rings. The number of Topliss-reactive ketones (excluding diaryl/α,β-unsaturated/α-hetero) is 1. The van der Waals surface area contributed by atoms with Crippen LogP contribution in [0.5, 0.6) is 23.0 Å². The fourth-order valence-corrected chi connectivity index (χ4v) is 6.04. The number of ketones is 1. The maximum Gasteiger partial charge on any atom is 0.250 e. The van der Waals surface area contributed by atoms with Crippen molar-refractivity contribution in [1.82, 2.24) is 4.90 Å². The zero-order chi connectivity index (χ0) is 25.8. The molecule has 0 aliphatic carbocycles. The van der Waals surface area contributed by atoms with Crippen LogP contribution in [0.2, 0.25) is 0 Å². The predicted octanol–water partition coefficient (Wildman–Crippen LogP) is 4.25. The molecule has 9 heteroatoms.